The Morgan fingerprint density at radius 1 is 1.47 bits per heavy atom. The number of hydrogen-bond acceptors (Lipinski definition) is 3. The minimum absolute atomic E-state index is 0.385. The van der Waals surface area contributed by atoms with Crippen molar-refractivity contribution in [3.63, 3.8) is 0 Å². The van der Waals surface area contributed by atoms with Crippen molar-refractivity contribution in [1.29, 1.82) is 0 Å². The molecular weight excluding hydrogens is 214 g/mol. The zero-order chi connectivity index (χ0) is 12.3. The molecule has 0 aromatic heterocycles. The molecule has 1 aliphatic rings. The number of methoxy groups -OCH3 is 1. The lowest BCUT2D eigenvalue weighted by Gasteiger charge is -2.28. The van der Waals surface area contributed by atoms with Crippen molar-refractivity contribution in [2.24, 2.45) is 5.92 Å². The largest absolute Gasteiger partial charge is 0.493 e. The summed E-state index contributed by atoms with van der Waals surface area (Å²) in [6.07, 6.45) is 1.02. The summed E-state index contributed by atoms with van der Waals surface area (Å²) in [5, 5.41) is 3.59. The zero-order valence-corrected chi connectivity index (χ0v) is 10.8. The molecule has 1 N–H and O–H groups in total. The van der Waals surface area contributed by atoms with E-state index in [-0.39, 0.29) is 0 Å². The minimum Gasteiger partial charge on any atom is -0.493 e. The number of ether oxygens (including phenoxy) is 2. The fourth-order valence-electron chi connectivity index (χ4n) is 2.15. The van der Waals surface area contributed by atoms with E-state index < -0.39 is 0 Å². The molecule has 17 heavy (non-hydrogen) atoms. The maximum atomic E-state index is 5.72. The lowest BCUT2D eigenvalue weighted by Crippen LogP contribution is -2.29. The van der Waals surface area contributed by atoms with Crippen molar-refractivity contribution in [3.05, 3.63) is 23.8 Å². The van der Waals surface area contributed by atoms with Gasteiger partial charge in [0.1, 0.15) is 0 Å². The van der Waals surface area contributed by atoms with Gasteiger partial charge in [-0.05, 0) is 18.5 Å². The Bertz CT molecular complexity index is 376. The van der Waals surface area contributed by atoms with Gasteiger partial charge in [0.05, 0.1) is 13.7 Å². The van der Waals surface area contributed by atoms with Crippen LogP contribution in [0, 0.1) is 5.92 Å². The van der Waals surface area contributed by atoms with Gasteiger partial charge in [0.25, 0.3) is 0 Å². The first kappa shape index (κ1) is 12.2. The van der Waals surface area contributed by atoms with Crippen molar-refractivity contribution in [2.75, 3.05) is 20.3 Å². The fourth-order valence-corrected chi connectivity index (χ4v) is 2.15. The standard InChI is InChI=1S/C14H21NO2/c1-10(2)9-15-12-7-8-17-14-11(12)5-4-6-13(14)16-3/h4-6,10,12,15H,7-9H2,1-3H3. The molecule has 3 nitrogen and oxygen atoms in total. The van der Waals surface area contributed by atoms with Crippen molar-refractivity contribution in [3.8, 4) is 11.5 Å². The van der Waals surface area contributed by atoms with Crippen LogP contribution >= 0.6 is 0 Å². The summed E-state index contributed by atoms with van der Waals surface area (Å²) in [4.78, 5) is 0. The molecule has 0 amide bonds. The van der Waals surface area contributed by atoms with E-state index in [0.717, 1.165) is 31.1 Å². The summed E-state index contributed by atoms with van der Waals surface area (Å²) in [7, 11) is 1.68. The second-order valence-electron chi connectivity index (χ2n) is 4.87. The third kappa shape index (κ3) is 2.72. The van der Waals surface area contributed by atoms with E-state index in [1.165, 1.54) is 5.56 Å². The molecule has 0 saturated carbocycles. The molecule has 1 aromatic carbocycles. The topological polar surface area (TPSA) is 30.5 Å². The summed E-state index contributed by atoms with van der Waals surface area (Å²) in [5.41, 5.74) is 1.22. The maximum Gasteiger partial charge on any atom is 0.165 e. The van der Waals surface area contributed by atoms with Crippen LogP contribution in [0.1, 0.15) is 31.9 Å². The van der Waals surface area contributed by atoms with Crippen LogP contribution in [0.2, 0.25) is 0 Å². The Morgan fingerprint density at radius 3 is 3.00 bits per heavy atom. The summed E-state index contributed by atoms with van der Waals surface area (Å²) in [6.45, 7) is 6.22. The highest BCUT2D eigenvalue weighted by molar-refractivity contribution is 5.49. The number of rotatable bonds is 4. The third-order valence-corrected chi connectivity index (χ3v) is 3.03. The first-order valence-corrected chi connectivity index (χ1v) is 6.25. The molecule has 1 atom stereocenters. The number of benzene rings is 1. The van der Waals surface area contributed by atoms with E-state index in [1.807, 2.05) is 12.1 Å². The van der Waals surface area contributed by atoms with Crippen molar-refractivity contribution in [1.82, 2.24) is 5.32 Å². The third-order valence-electron chi connectivity index (χ3n) is 3.03. The Hall–Kier alpha value is -1.22. The molecule has 0 fully saturated rings. The molecule has 1 aromatic rings. The molecule has 2 rings (SSSR count). The van der Waals surface area contributed by atoms with Crippen LogP contribution in [-0.4, -0.2) is 20.3 Å². The van der Waals surface area contributed by atoms with E-state index in [4.69, 9.17) is 9.47 Å². The molecule has 1 heterocycles. The highest BCUT2D eigenvalue weighted by atomic mass is 16.5. The Labute approximate surface area is 103 Å². The van der Waals surface area contributed by atoms with Gasteiger partial charge in [-0.2, -0.15) is 0 Å². The normalized spacial score (nSPS) is 18.7. The second kappa shape index (κ2) is 5.41. The van der Waals surface area contributed by atoms with Gasteiger partial charge in [0.2, 0.25) is 0 Å². The molecule has 0 spiro atoms. The first-order valence-electron chi connectivity index (χ1n) is 6.25. The SMILES string of the molecule is COc1cccc2c1OCCC2NCC(C)C. The molecule has 0 bridgehead atoms. The van der Waals surface area contributed by atoms with Gasteiger partial charge in [0, 0.05) is 18.0 Å². The van der Waals surface area contributed by atoms with Crippen molar-refractivity contribution < 1.29 is 9.47 Å². The van der Waals surface area contributed by atoms with Crippen LogP contribution in [-0.2, 0) is 0 Å². The van der Waals surface area contributed by atoms with E-state index in [0.29, 0.717) is 12.0 Å². The highest BCUT2D eigenvalue weighted by Gasteiger charge is 2.23. The lowest BCUT2D eigenvalue weighted by molar-refractivity contribution is 0.237. The van der Waals surface area contributed by atoms with Crippen LogP contribution in [0.15, 0.2) is 18.2 Å². The first-order chi connectivity index (χ1) is 8.22. The highest BCUT2D eigenvalue weighted by Crippen LogP contribution is 2.39. The fraction of sp³-hybridized carbons (Fsp3) is 0.571. The maximum absolute atomic E-state index is 5.72. The van der Waals surface area contributed by atoms with Crippen LogP contribution in [0.4, 0.5) is 0 Å². The lowest BCUT2D eigenvalue weighted by atomic mass is 9.99. The van der Waals surface area contributed by atoms with Gasteiger partial charge < -0.3 is 14.8 Å². The Balaban J connectivity index is 2.19. The van der Waals surface area contributed by atoms with Gasteiger partial charge in [0.15, 0.2) is 11.5 Å². The number of fused-ring (bicyclic) bond motifs is 1. The molecule has 94 valence electrons. The summed E-state index contributed by atoms with van der Waals surface area (Å²) in [5.74, 6) is 2.40. The van der Waals surface area contributed by atoms with E-state index in [9.17, 15) is 0 Å². The predicted molar refractivity (Wildman–Crippen MR) is 68.7 cm³/mol. The van der Waals surface area contributed by atoms with E-state index >= 15 is 0 Å². The molecule has 1 aliphatic heterocycles. The quantitative estimate of drug-likeness (QED) is 0.870. The zero-order valence-electron chi connectivity index (χ0n) is 10.8. The summed E-state index contributed by atoms with van der Waals surface area (Å²) < 4.78 is 11.1. The van der Waals surface area contributed by atoms with Gasteiger partial charge in [-0.1, -0.05) is 26.0 Å². The minimum atomic E-state index is 0.385. The van der Waals surface area contributed by atoms with Gasteiger partial charge in [-0.3, -0.25) is 0 Å². The Morgan fingerprint density at radius 2 is 2.29 bits per heavy atom. The Kier molecular flexibility index (Phi) is 3.89. The van der Waals surface area contributed by atoms with Crippen LogP contribution < -0.4 is 14.8 Å². The number of hydrogen-bond donors (Lipinski definition) is 1. The molecule has 0 aliphatic carbocycles. The van der Waals surface area contributed by atoms with E-state index in [2.05, 4.69) is 25.2 Å². The van der Waals surface area contributed by atoms with Crippen molar-refractivity contribution >= 4 is 0 Å². The van der Waals surface area contributed by atoms with Crippen LogP contribution in [0.5, 0.6) is 11.5 Å². The smallest absolute Gasteiger partial charge is 0.165 e. The summed E-state index contributed by atoms with van der Waals surface area (Å²) in [6, 6.07) is 6.48. The van der Waals surface area contributed by atoms with Crippen molar-refractivity contribution in [2.45, 2.75) is 26.3 Å². The van der Waals surface area contributed by atoms with Crippen LogP contribution in [0.3, 0.4) is 0 Å². The number of para-hydroxylation sites is 1. The van der Waals surface area contributed by atoms with Gasteiger partial charge in [-0.25, -0.2) is 0 Å². The number of nitrogens with one attached hydrogen (secondary N) is 1. The van der Waals surface area contributed by atoms with Gasteiger partial charge in [-0.15, -0.1) is 0 Å². The second-order valence-corrected chi connectivity index (χ2v) is 4.87. The molecular formula is C14H21NO2. The average Bonchev–Trinajstić information content (AvgIpc) is 2.35. The summed E-state index contributed by atoms with van der Waals surface area (Å²) >= 11 is 0. The molecule has 1 unspecified atom stereocenters. The molecule has 0 saturated heterocycles. The van der Waals surface area contributed by atoms with Gasteiger partial charge >= 0.3 is 0 Å². The van der Waals surface area contributed by atoms with E-state index in [1.54, 1.807) is 7.11 Å². The predicted octanol–water partition coefficient (Wildman–Crippen LogP) is 2.76. The molecule has 0 radical (unpaired) electrons. The average molecular weight is 235 g/mol. The van der Waals surface area contributed by atoms with Crippen LogP contribution in [0.25, 0.3) is 0 Å². The molecule has 3 heteroatoms. The monoisotopic (exact) mass is 235 g/mol.